The van der Waals surface area contributed by atoms with Crippen molar-refractivity contribution in [3.8, 4) is 0 Å². The summed E-state index contributed by atoms with van der Waals surface area (Å²) in [6.07, 6.45) is -5.55. The van der Waals surface area contributed by atoms with Gasteiger partial charge in [0.1, 0.15) is 0 Å². The number of fused-ring (bicyclic) bond motifs is 1. The van der Waals surface area contributed by atoms with Crippen LogP contribution in [0.4, 0.5) is 26.3 Å². The van der Waals surface area contributed by atoms with E-state index in [-0.39, 0.29) is 5.91 Å². The minimum Gasteiger partial charge on any atom is -0.475 e. The molecule has 2 N–H and O–H groups in total. The van der Waals surface area contributed by atoms with E-state index < -0.39 is 24.3 Å². The van der Waals surface area contributed by atoms with Crippen molar-refractivity contribution in [3.63, 3.8) is 0 Å². The number of hydrogen-bond acceptors (Lipinski definition) is 6. The van der Waals surface area contributed by atoms with Gasteiger partial charge in [-0.05, 0) is 17.8 Å². The number of likely N-dealkylation sites (tertiary alicyclic amines) is 1. The maximum atomic E-state index is 12.0. The zero-order valence-electron chi connectivity index (χ0n) is 19.7. The number of carboxylic acids is 2. The van der Waals surface area contributed by atoms with Crippen molar-refractivity contribution < 1.29 is 55.7 Å². The molecule has 0 unspecified atom stereocenters. The molecule has 0 saturated carbocycles. The van der Waals surface area contributed by atoms with E-state index in [2.05, 4.69) is 16.2 Å². The molecule has 2 fully saturated rings. The SMILES string of the molecule is CN(C)C(=O)C[C@@H]1COC[C@H]2CN(Cc3cnn(C)c3)C[C@@H]12.O=C(O)C(F)(F)F.O=C(O)C(F)(F)F. The number of carbonyl (C=O) groups is 3. The number of aliphatic carboxylic acids is 2. The molecule has 0 radical (unpaired) electrons. The first-order valence-corrected chi connectivity index (χ1v) is 10.5. The van der Waals surface area contributed by atoms with Crippen molar-refractivity contribution in [1.82, 2.24) is 19.6 Å². The zero-order chi connectivity index (χ0) is 27.8. The van der Waals surface area contributed by atoms with Crippen molar-refractivity contribution in [3.05, 3.63) is 18.0 Å². The molecule has 0 aliphatic carbocycles. The van der Waals surface area contributed by atoms with Crippen LogP contribution >= 0.6 is 0 Å². The maximum absolute atomic E-state index is 12.0. The van der Waals surface area contributed by atoms with E-state index in [4.69, 9.17) is 24.5 Å². The number of hydrogen-bond donors (Lipinski definition) is 2. The molecule has 2 saturated heterocycles. The average molecular weight is 534 g/mol. The van der Waals surface area contributed by atoms with Gasteiger partial charge in [0.25, 0.3) is 0 Å². The molecule has 36 heavy (non-hydrogen) atoms. The molecule has 3 rings (SSSR count). The Hall–Kier alpha value is -2.88. The molecule has 0 spiro atoms. The summed E-state index contributed by atoms with van der Waals surface area (Å²) in [5.41, 5.74) is 1.25. The first kappa shape index (κ1) is 31.2. The van der Waals surface area contributed by atoms with Gasteiger partial charge in [-0.2, -0.15) is 31.4 Å². The van der Waals surface area contributed by atoms with Crippen LogP contribution in [0.15, 0.2) is 12.4 Å². The topological polar surface area (TPSA) is 125 Å². The number of aryl methyl sites for hydroxylation is 1. The fourth-order valence-electron chi connectivity index (χ4n) is 3.75. The highest BCUT2D eigenvalue weighted by atomic mass is 19.4. The quantitative estimate of drug-likeness (QED) is 0.561. The van der Waals surface area contributed by atoms with Crippen LogP contribution in [0.2, 0.25) is 0 Å². The molecule has 2 aliphatic heterocycles. The first-order chi connectivity index (χ1) is 16.4. The van der Waals surface area contributed by atoms with Crippen LogP contribution < -0.4 is 0 Å². The van der Waals surface area contributed by atoms with E-state index >= 15 is 0 Å². The zero-order valence-corrected chi connectivity index (χ0v) is 19.7. The number of nitrogens with zero attached hydrogens (tertiary/aromatic N) is 4. The van der Waals surface area contributed by atoms with Crippen LogP contribution in [0, 0.1) is 17.8 Å². The summed E-state index contributed by atoms with van der Waals surface area (Å²) in [6.45, 7) is 4.62. The fourth-order valence-corrected chi connectivity index (χ4v) is 3.75. The van der Waals surface area contributed by atoms with Gasteiger partial charge < -0.3 is 19.8 Å². The number of aromatic nitrogens is 2. The third-order valence-electron chi connectivity index (χ3n) is 5.42. The summed E-state index contributed by atoms with van der Waals surface area (Å²) >= 11 is 0. The van der Waals surface area contributed by atoms with Gasteiger partial charge in [0, 0.05) is 59.0 Å². The van der Waals surface area contributed by atoms with Crippen LogP contribution in [0.3, 0.4) is 0 Å². The van der Waals surface area contributed by atoms with Gasteiger partial charge in [0.05, 0.1) is 19.4 Å². The fraction of sp³-hybridized carbons (Fsp3) is 0.700. The summed E-state index contributed by atoms with van der Waals surface area (Å²) in [5.74, 6) is -3.81. The van der Waals surface area contributed by atoms with Gasteiger partial charge in [-0.1, -0.05) is 0 Å². The highest BCUT2D eigenvalue weighted by molar-refractivity contribution is 5.75. The minimum absolute atomic E-state index is 0.208. The average Bonchev–Trinajstić information content (AvgIpc) is 3.33. The largest absolute Gasteiger partial charge is 0.490 e. The van der Waals surface area contributed by atoms with Gasteiger partial charge in [0.15, 0.2) is 0 Å². The predicted octanol–water partition coefficient (Wildman–Crippen LogP) is 1.86. The second kappa shape index (κ2) is 12.9. The number of amides is 1. The minimum atomic E-state index is -5.08. The lowest BCUT2D eigenvalue weighted by Gasteiger charge is -2.33. The van der Waals surface area contributed by atoms with E-state index in [1.807, 2.05) is 32.0 Å². The molecule has 206 valence electrons. The summed E-state index contributed by atoms with van der Waals surface area (Å²) in [5, 5.41) is 18.5. The summed E-state index contributed by atoms with van der Waals surface area (Å²) in [6, 6.07) is 0. The Kier molecular flexibility index (Phi) is 11.2. The second-order valence-corrected chi connectivity index (χ2v) is 8.54. The van der Waals surface area contributed by atoms with Crippen molar-refractivity contribution in [1.29, 1.82) is 0 Å². The molecule has 1 amide bonds. The molecule has 0 bridgehead atoms. The lowest BCUT2D eigenvalue weighted by Crippen LogP contribution is -2.38. The van der Waals surface area contributed by atoms with E-state index in [1.54, 1.807) is 4.90 Å². The van der Waals surface area contributed by atoms with E-state index in [0.717, 1.165) is 32.8 Å². The van der Waals surface area contributed by atoms with Crippen LogP contribution in [0.5, 0.6) is 0 Å². The smallest absolute Gasteiger partial charge is 0.475 e. The van der Waals surface area contributed by atoms with Crippen molar-refractivity contribution in [2.45, 2.75) is 25.3 Å². The van der Waals surface area contributed by atoms with Gasteiger partial charge in [-0.3, -0.25) is 14.4 Å². The van der Waals surface area contributed by atoms with Gasteiger partial charge in [0.2, 0.25) is 5.91 Å². The Morgan fingerprint density at radius 3 is 2.00 bits per heavy atom. The molecular weight excluding hydrogens is 506 g/mol. The summed E-state index contributed by atoms with van der Waals surface area (Å²) < 4.78 is 71.1. The Balaban J connectivity index is 0.000000383. The van der Waals surface area contributed by atoms with Gasteiger partial charge >= 0.3 is 24.3 Å². The molecule has 16 heteroatoms. The molecule has 10 nitrogen and oxygen atoms in total. The Morgan fingerprint density at radius 2 is 1.58 bits per heavy atom. The standard InChI is InChI=1S/C16H26N4O2.2C2HF3O2/c1-18(2)16(21)4-13-10-22-11-14-8-20(9-15(13)14)7-12-5-17-19(3)6-12;2*3-2(4,5)1(6)7/h5-6,13-15H,4,7-11H2,1-3H3;2*(H,6,7)/t13-,14-,15+;;/m1../s1. The van der Waals surface area contributed by atoms with Crippen molar-refractivity contribution in [2.75, 3.05) is 40.4 Å². The normalized spacial score (nSPS) is 21.9. The predicted molar refractivity (Wildman–Crippen MR) is 110 cm³/mol. The Morgan fingerprint density at radius 1 is 1.06 bits per heavy atom. The lowest BCUT2D eigenvalue weighted by molar-refractivity contribution is -0.193. The third-order valence-corrected chi connectivity index (χ3v) is 5.42. The highest BCUT2D eigenvalue weighted by Crippen LogP contribution is 2.36. The van der Waals surface area contributed by atoms with Crippen LogP contribution in [0.1, 0.15) is 12.0 Å². The van der Waals surface area contributed by atoms with Crippen LogP contribution in [0.25, 0.3) is 0 Å². The summed E-state index contributed by atoms with van der Waals surface area (Å²) in [7, 11) is 5.60. The molecule has 1 aromatic rings. The number of alkyl halides is 6. The van der Waals surface area contributed by atoms with Gasteiger partial charge in [-0.15, -0.1) is 0 Å². The van der Waals surface area contributed by atoms with Crippen LogP contribution in [-0.2, 0) is 32.7 Å². The Bertz CT molecular complexity index is 865. The van der Waals surface area contributed by atoms with E-state index in [0.29, 0.717) is 24.2 Å². The molecule has 2 aliphatic rings. The van der Waals surface area contributed by atoms with E-state index in [1.165, 1.54) is 5.56 Å². The van der Waals surface area contributed by atoms with E-state index in [9.17, 15) is 31.1 Å². The second-order valence-electron chi connectivity index (χ2n) is 8.54. The number of rotatable bonds is 4. The molecule has 3 heterocycles. The lowest BCUT2D eigenvalue weighted by atomic mass is 9.81. The Labute approximate surface area is 202 Å². The highest BCUT2D eigenvalue weighted by Gasteiger charge is 2.42. The molecule has 3 atom stereocenters. The number of carbonyl (C=O) groups excluding carboxylic acids is 1. The first-order valence-electron chi connectivity index (χ1n) is 10.5. The number of ether oxygens (including phenoxy) is 1. The van der Waals surface area contributed by atoms with Crippen LogP contribution in [-0.4, -0.2) is 100 Å². The van der Waals surface area contributed by atoms with Crippen molar-refractivity contribution >= 4 is 17.8 Å². The molecule has 1 aromatic heterocycles. The van der Waals surface area contributed by atoms with Gasteiger partial charge in [-0.25, -0.2) is 9.59 Å². The maximum Gasteiger partial charge on any atom is 0.490 e. The summed E-state index contributed by atoms with van der Waals surface area (Å²) in [4.78, 5) is 34.0. The molecule has 0 aromatic carbocycles. The number of carboxylic acid groups (broad SMARTS) is 2. The van der Waals surface area contributed by atoms with Crippen molar-refractivity contribution in [2.24, 2.45) is 24.8 Å². The number of halogens is 6. The monoisotopic (exact) mass is 534 g/mol. The molecular formula is C20H28F6N4O6. The third kappa shape index (κ3) is 10.4.